The number of aromatic amines is 1. The van der Waals surface area contributed by atoms with E-state index in [4.69, 9.17) is 9.15 Å². The van der Waals surface area contributed by atoms with Crippen LogP contribution in [0.15, 0.2) is 86.0 Å². The second kappa shape index (κ2) is 9.68. The number of para-hydroxylation sites is 1. The number of ether oxygens (including phenoxy) is 1. The molecule has 0 aliphatic carbocycles. The minimum absolute atomic E-state index is 0.0188. The molecule has 0 saturated heterocycles. The van der Waals surface area contributed by atoms with Crippen molar-refractivity contribution in [3.63, 3.8) is 0 Å². The highest BCUT2D eigenvalue weighted by molar-refractivity contribution is 6.25. The Balaban J connectivity index is 1.38. The molecule has 0 bridgehead atoms. The molecule has 1 aromatic heterocycles. The number of hydrogen-bond acceptors (Lipinski definition) is 5. The maximum Gasteiger partial charge on any atom is 0.417 e. The SMILES string of the molecule is Cc1cc(Oc2ccc(C3C4=C(CN=C4c4cccc5[nH]c(=O)oc45)C(=O)N3CC(C)(F)F)cc2)cc(C(F)(F)F)c1. The van der Waals surface area contributed by atoms with Crippen LogP contribution in [-0.2, 0) is 11.0 Å². The van der Waals surface area contributed by atoms with E-state index in [1.54, 1.807) is 30.3 Å². The third kappa shape index (κ3) is 4.97. The summed E-state index contributed by atoms with van der Waals surface area (Å²) >= 11 is 0. The Morgan fingerprint density at radius 2 is 1.76 bits per heavy atom. The molecule has 0 saturated carbocycles. The number of nitrogens with zero attached hydrogens (tertiary/aromatic N) is 2. The lowest BCUT2D eigenvalue weighted by molar-refractivity contribution is -0.137. The number of carbonyl (C=O) groups is 1. The normalized spacial score (nSPS) is 17.3. The first-order valence-electron chi connectivity index (χ1n) is 12.8. The molecule has 4 aromatic rings. The van der Waals surface area contributed by atoms with E-state index in [0.29, 0.717) is 33.5 Å². The Bertz CT molecular complexity index is 1850. The summed E-state index contributed by atoms with van der Waals surface area (Å²) in [5.41, 5.74) is 2.06. The van der Waals surface area contributed by atoms with Crippen molar-refractivity contribution in [2.45, 2.75) is 32.0 Å². The zero-order chi connectivity index (χ0) is 30.0. The number of aliphatic imine (C=N–C) groups is 1. The fraction of sp³-hybridized carbons (Fsp3) is 0.233. The van der Waals surface area contributed by atoms with Gasteiger partial charge in [-0.3, -0.25) is 14.8 Å². The van der Waals surface area contributed by atoms with E-state index >= 15 is 0 Å². The fourth-order valence-corrected chi connectivity index (χ4v) is 5.42. The molecule has 0 fully saturated rings. The largest absolute Gasteiger partial charge is 0.457 e. The van der Waals surface area contributed by atoms with Gasteiger partial charge in [-0.05, 0) is 60.5 Å². The highest BCUT2D eigenvalue weighted by Crippen LogP contribution is 2.45. The quantitative estimate of drug-likeness (QED) is 0.260. The van der Waals surface area contributed by atoms with Gasteiger partial charge in [-0.15, -0.1) is 0 Å². The number of alkyl halides is 5. The van der Waals surface area contributed by atoms with Crippen molar-refractivity contribution in [1.82, 2.24) is 9.88 Å². The predicted octanol–water partition coefficient (Wildman–Crippen LogP) is 6.58. The molecule has 3 heterocycles. The first kappa shape index (κ1) is 27.4. The molecule has 12 heteroatoms. The van der Waals surface area contributed by atoms with Crippen molar-refractivity contribution in [1.29, 1.82) is 0 Å². The van der Waals surface area contributed by atoms with Crippen LogP contribution in [0.25, 0.3) is 11.1 Å². The number of fused-ring (bicyclic) bond motifs is 1. The van der Waals surface area contributed by atoms with Gasteiger partial charge < -0.3 is 14.1 Å². The average Bonchev–Trinajstić information content (AvgIpc) is 3.56. The average molecular weight is 584 g/mol. The number of halogens is 5. The zero-order valence-electron chi connectivity index (χ0n) is 22.2. The van der Waals surface area contributed by atoms with Gasteiger partial charge >= 0.3 is 11.9 Å². The Hall–Kier alpha value is -4.74. The van der Waals surface area contributed by atoms with Gasteiger partial charge in [0.1, 0.15) is 11.5 Å². The van der Waals surface area contributed by atoms with E-state index in [0.717, 1.165) is 24.0 Å². The molecule has 3 aromatic carbocycles. The van der Waals surface area contributed by atoms with E-state index in [9.17, 15) is 31.5 Å². The van der Waals surface area contributed by atoms with E-state index in [1.165, 1.54) is 25.1 Å². The first-order chi connectivity index (χ1) is 19.8. The zero-order valence-corrected chi connectivity index (χ0v) is 22.2. The summed E-state index contributed by atoms with van der Waals surface area (Å²) in [6.07, 6.45) is -4.55. The van der Waals surface area contributed by atoms with Gasteiger partial charge in [-0.1, -0.05) is 18.2 Å². The predicted molar refractivity (Wildman–Crippen MR) is 143 cm³/mol. The third-order valence-corrected chi connectivity index (χ3v) is 7.04. The van der Waals surface area contributed by atoms with Crippen LogP contribution in [0.4, 0.5) is 22.0 Å². The van der Waals surface area contributed by atoms with Crippen molar-refractivity contribution < 1.29 is 35.9 Å². The topological polar surface area (TPSA) is 87.9 Å². The van der Waals surface area contributed by atoms with Crippen LogP contribution in [-0.4, -0.2) is 40.5 Å². The molecule has 7 nitrogen and oxygen atoms in total. The van der Waals surface area contributed by atoms with Gasteiger partial charge in [-0.25, -0.2) is 13.6 Å². The van der Waals surface area contributed by atoms with Crippen LogP contribution in [0, 0.1) is 6.92 Å². The number of nitrogens with one attached hydrogen (secondary N) is 1. The third-order valence-electron chi connectivity index (χ3n) is 7.04. The Morgan fingerprint density at radius 3 is 2.45 bits per heavy atom. The van der Waals surface area contributed by atoms with Gasteiger partial charge in [0.25, 0.3) is 11.8 Å². The molecule has 1 amide bonds. The number of hydrogen-bond donors (Lipinski definition) is 1. The number of aromatic nitrogens is 1. The maximum atomic E-state index is 14.3. The highest BCUT2D eigenvalue weighted by atomic mass is 19.4. The number of carbonyl (C=O) groups excluding carboxylic acids is 1. The summed E-state index contributed by atoms with van der Waals surface area (Å²) in [5.74, 6) is -4.28. The van der Waals surface area contributed by atoms with Crippen molar-refractivity contribution in [3.8, 4) is 11.5 Å². The second-order valence-corrected chi connectivity index (χ2v) is 10.4. The highest BCUT2D eigenvalue weighted by Gasteiger charge is 2.47. The molecule has 1 unspecified atom stereocenters. The first-order valence-corrected chi connectivity index (χ1v) is 12.8. The molecule has 0 spiro atoms. The minimum atomic E-state index is -4.55. The molecule has 1 N–H and O–H groups in total. The number of oxazole rings is 1. The molecular weight excluding hydrogens is 561 g/mol. The Labute approximate surface area is 234 Å². The van der Waals surface area contributed by atoms with Crippen LogP contribution in [0.2, 0.25) is 0 Å². The Morgan fingerprint density at radius 1 is 1.02 bits per heavy atom. The van der Waals surface area contributed by atoms with Crippen molar-refractivity contribution >= 4 is 22.7 Å². The van der Waals surface area contributed by atoms with E-state index < -0.39 is 41.9 Å². The van der Waals surface area contributed by atoms with Crippen LogP contribution in [0.3, 0.4) is 0 Å². The van der Waals surface area contributed by atoms with E-state index in [-0.39, 0.29) is 29.2 Å². The molecule has 42 heavy (non-hydrogen) atoms. The molecule has 0 radical (unpaired) electrons. The molecule has 1 atom stereocenters. The van der Waals surface area contributed by atoms with Crippen LogP contribution < -0.4 is 10.5 Å². The number of benzene rings is 3. The minimum Gasteiger partial charge on any atom is -0.457 e. The maximum absolute atomic E-state index is 14.3. The van der Waals surface area contributed by atoms with Crippen LogP contribution >= 0.6 is 0 Å². The number of amides is 1. The fourth-order valence-electron chi connectivity index (χ4n) is 5.42. The van der Waals surface area contributed by atoms with E-state index in [1.807, 2.05) is 0 Å². The molecule has 6 rings (SSSR count). The van der Waals surface area contributed by atoms with Crippen molar-refractivity contribution in [3.05, 3.63) is 105 Å². The second-order valence-electron chi connectivity index (χ2n) is 10.4. The summed E-state index contributed by atoms with van der Waals surface area (Å²) in [6.45, 7) is 1.35. The smallest absolute Gasteiger partial charge is 0.417 e. The molecule has 2 aliphatic heterocycles. The van der Waals surface area contributed by atoms with Gasteiger partial charge in [-0.2, -0.15) is 13.2 Å². The lowest BCUT2D eigenvalue weighted by Crippen LogP contribution is -2.40. The summed E-state index contributed by atoms with van der Waals surface area (Å²) < 4.78 is 79.4. The van der Waals surface area contributed by atoms with Crippen molar-refractivity contribution in [2.75, 3.05) is 13.1 Å². The van der Waals surface area contributed by atoms with E-state index in [2.05, 4.69) is 9.98 Å². The molecule has 216 valence electrons. The van der Waals surface area contributed by atoms with Gasteiger partial charge in [0.05, 0.1) is 35.9 Å². The van der Waals surface area contributed by atoms with Gasteiger partial charge in [0.2, 0.25) is 0 Å². The van der Waals surface area contributed by atoms with Crippen LogP contribution in [0.1, 0.15) is 35.2 Å². The summed E-state index contributed by atoms with van der Waals surface area (Å²) in [4.78, 5) is 33.5. The van der Waals surface area contributed by atoms with Gasteiger partial charge in [0.15, 0.2) is 5.58 Å². The monoisotopic (exact) mass is 583 g/mol. The summed E-state index contributed by atoms with van der Waals surface area (Å²) in [7, 11) is 0. The molecule has 2 aliphatic rings. The number of rotatable bonds is 6. The molecular formula is C30H22F5N3O4. The number of H-pyrrole nitrogens is 1. The summed E-state index contributed by atoms with van der Waals surface area (Å²) in [6, 6.07) is 13.5. The lowest BCUT2D eigenvalue weighted by atomic mass is 9.91. The van der Waals surface area contributed by atoms with Gasteiger partial charge in [0, 0.05) is 23.6 Å². The number of aryl methyl sites for hydroxylation is 1. The van der Waals surface area contributed by atoms with Crippen molar-refractivity contribution in [2.24, 2.45) is 4.99 Å². The summed E-state index contributed by atoms with van der Waals surface area (Å²) in [5, 5.41) is 0. The lowest BCUT2D eigenvalue weighted by Gasteiger charge is -2.30. The van der Waals surface area contributed by atoms with Crippen LogP contribution in [0.5, 0.6) is 11.5 Å². The standard InChI is InChI=1S/C30H22F5N3O4/c1-15-10-17(30(33,34)35)12-19(11-15)41-18-8-6-16(7-9-18)25-23-21(27(39)38(25)14-29(2,31)32)13-36-24(23)20-4-3-5-22-26(20)42-28(40)37-22/h3-12,25H,13-14H2,1-2H3,(H,37,40). The Kier molecular flexibility index (Phi) is 6.32.